The number of alkyl halides is 24. The Kier molecular flexibility index (Phi) is 25.2. The van der Waals surface area contributed by atoms with Crippen LogP contribution >= 0.6 is 0 Å². The van der Waals surface area contributed by atoms with E-state index in [0.29, 0.717) is 6.54 Å². The number of carbonyl (C=O) groups excluding carboxylic acids is 1. The lowest BCUT2D eigenvalue weighted by Crippen LogP contribution is -2.75. The van der Waals surface area contributed by atoms with Crippen LogP contribution < -0.4 is 31.2 Å². The van der Waals surface area contributed by atoms with Gasteiger partial charge in [0, 0.05) is 23.1 Å². The molecule has 0 bridgehead atoms. The summed E-state index contributed by atoms with van der Waals surface area (Å²) in [5.74, 6) is 0.955. The lowest BCUT2D eigenvalue weighted by Gasteiger charge is -2.46. The molecule has 0 fully saturated rings. The summed E-state index contributed by atoms with van der Waals surface area (Å²) in [5, 5.41) is 1.14. The Morgan fingerprint density at radius 2 is 0.621 bits per heavy atom. The Morgan fingerprint density at radius 1 is 0.347 bits per heavy atom. The smallest absolute Gasteiger partial charge is 0.416 e. The third-order valence-electron chi connectivity index (χ3n) is 16.0. The van der Waals surface area contributed by atoms with Gasteiger partial charge in [-0.1, -0.05) is 164 Å². The van der Waals surface area contributed by atoms with Gasteiger partial charge in [0.2, 0.25) is 17.8 Å². The Balaban J connectivity index is 0.000000326. The molecular weight excluding hydrogens is 1320 g/mol. The van der Waals surface area contributed by atoms with Crippen molar-refractivity contribution in [2.24, 2.45) is 0 Å². The average Bonchev–Trinajstić information content (AvgIpc) is 0.709. The minimum Gasteiger partial charge on any atom is -0.494 e. The molecule has 3 nitrogen and oxygen atoms in total. The van der Waals surface area contributed by atoms with E-state index in [2.05, 4.69) is 25.1 Å². The number of Topliss-reactive ketones (excluding diaryl/α,β-unsaturated/α-hetero) is 1. The van der Waals surface area contributed by atoms with Crippen LogP contribution in [0.4, 0.5) is 105 Å². The minimum absolute atomic E-state index is 0.107. The monoisotopic (exact) mass is 1380 g/mol. The van der Waals surface area contributed by atoms with E-state index in [-0.39, 0.29) is 5.78 Å². The molecule has 95 heavy (non-hydrogen) atoms. The highest BCUT2D eigenvalue weighted by atomic mass is 19.4. The first-order valence-corrected chi connectivity index (χ1v) is 30.0. The number of nitrogens with zero attached hydrogens (tertiary/aromatic N) is 1. The maximum atomic E-state index is 14.2. The molecule has 7 aromatic rings. The summed E-state index contributed by atoms with van der Waals surface area (Å²) in [6, 6.07) is 11.0. The number of ketones is 1. The van der Waals surface area contributed by atoms with Gasteiger partial charge in [0.1, 0.15) is 11.9 Å². The number of fused-ring (bicyclic) bond motifs is 1. The zero-order valence-corrected chi connectivity index (χ0v) is 50.4. The van der Waals surface area contributed by atoms with Gasteiger partial charge in [0.15, 0.2) is 6.20 Å². The molecule has 0 atom stereocenters. The number of rotatable bonds is 25. The second-order valence-electron chi connectivity index (χ2n) is 23.0. The first kappa shape index (κ1) is 76.6. The molecule has 0 aliphatic heterocycles. The molecule has 1 heterocycles. The highest BCUT2D eigenvalue weighted by Crippen LogP contribution is 2.42. The Morgan fingerprint density at radius 3 is 0.916 bits per heavy atom. The first-order valence-electron chi connectivity index (χ1n) is 30.0. The maximum absolute atomic E-state index is 14.2. The van der Waals surface area contributed by atoms with Crippen molar-refractivity contribution >= 4 is 44.7 Å². The quantitative estimate of drug-likeness (QED) is 0.0188. The van der Waals surface area contributed by atoms with Crippen LogP contribution in [0.15, 0.2) is 140 Å². The van der Waals surface area contributed by atoms with Gasteiger partial charge >= 0.3 is 49.4 Å². The minimum atomic E-state index is -6.13. The predicted molar refractivity (Wildman–Crippen MR) is 310 cm³/mol. The molecule has 0 spiro atoms. The van der Waals surface area contributed by atoms with Gasteiger partial charge in [-0.05, 0) is 67.1 Å². The fraction of sp³-hybridized carbons (Fsp3) is 0.403. The SMILES string of the molecule is CCCCCCCCCCCCCCCCCCOc1ccc(C(=O)C[n+]2cccc3ccccc32)cc1.FC(F)(F)c1cc([B-](c2cc(C(F)(F)F)cc(C(F)(F)F)c2)(c2cc(C(F)(F)F)cc(C(F)(F)F)c2)c2cc(C(F)(F)F)cc(C(F)(F)F)c2)cc(C(F)(F)F)c1. The lowest BCUT2D eigenvalue weighted by atomic mass is 9.12. The van der Waals surface area contributed by atoms with Gasteiger partial charge in [0.05, 0.1) is 51.1 Å². The first-order chi connectivity index (χ1) is 44.0. The van der Waals surface area contributed by atoms with E-state index in [9.17, 15) is 110 Å². The van der Waals surface area contributed by atoms with Crippen molar-refractivity contribution < 1.29 is 119 Å². The normalized spacial score (nSPS) is 13.1. The van der Waals surface area contributed by atoms with Crippen molar-refractivity contribution in [3.63, 3.8) is 0 Å². The maximum Gasteiger partial charge on any atom is 0.416 e. The van der Waals surface area contributed by atoms with Crippen LogP contribution in [0.2, 0.25) is 0 Å². The van der Waals surface area contributed by atoms with Crippen LogP contribution in [0, 0.1) is 0 Å². The summed E-state index contributed by atoms with van der Waals surface area (Å²) in [6.45, 7) is 3.37. The zero-order chi connectivity index (χ0) is 70.6. The number of hydrogen-bond acceptors (Lipinski definition) is 2. The largest absolute Gasteiger partial charge is 0.494 e. The highest BCUT2D eigenvalue weighted by Gasteiger charge is 2.47. The van der Waals surface area contributed by atoms with Crippen molar-refractivity contribution in [2.45, 2.75) is 166 Å². The number of benzene rings is 6. The van der Waals surface area contributed by atoms with Crippen molar-refractivity contribution in [2.75, 3.05) is 6.61 Å². The molecule has 0 unspecified atom stereocenters. The van der Waals surface area contributed by atoms with Gasteiger partial charge in [-0.2, -0.15) is 132 Å². The standard InChI is InChI=1S/C35H50NO2.C32H12BF24/c1-2-3-4-5-6-7-8-9-10-11-12-13-14-15-16-19-29-38-33-26-24-32(25-27-33)35(37)30-36-28-20-22-31-21-17-18-23-34(31)36;34-25(35,36)13-1-14(26(37,38)39)6-21(5-13)33(22-7-15(27(40,41)42)2-16(8-22)28(43,44)45,23-9-17(29(46,47)48)3-18(10-23)30(49,50)51)24-11-19(31(52,53)54)4-20(12-24)32(55,56)57/h17-18,20-28H,2-16,19,29-30H2,1H3;1-12H/q+1;-1. The molecular formula is C67H62BF24NO2. The van der Waals surface area contributed by atoms with Crippen molar-refractivity contribution in [1.29, 1.82) is 0 Å². The van der Waals surface area contributed by atoms with Gasteiger partial charge < -0.3 is 4.74 Å². The van der Waals surface area contributed by atoms with E-state index < -0.39 is 195 Å². The van der Waals surface area contributed by atoms with Gasteiger partial charge in [0.25, 0.3) is 0 Å². The molecule has 0 radical (unpaired) electrons. The van der Waals surface area contributed by atoms with Gasteiger partial charge in [-0.15, -0.1) is 0 Å². The second kappa shape index (κ2) is 31.2. The molecule has 7 rings (SSSR count). The molecule has 0 aliphatic carbocycles. The molecule has 518 valence electrons. The van der Waals surface area contributed by atoms with Crippen LogP contribution in [0.25, 0.3) is 10.9 Å². The number of carbonyl (C=O) groups is 1. The molecule has 0 aliphatic rings. The number of ether oxygens (including phenoxy) is 1. The summed E-state index contributed by atoms with van der Waals surface area (Å²) in [5.41, 5.74) is -28.4. The van der Waals surface area contributed by atoms with Crippen LogP contribution in [-0.4, -0.2) is 18.5 Å². The van der Waals surface area contributed by atoms with E-state index in [1.54, 1.807) is 0 Å². The van der Waals surface area contributed by atoms with E-state index >= 15 is 0 Å². The Hall–Kier alpha value is -7.42. The molecule has 1 aromatic heterocycles. The second-order valence-corrected chi connectivity index (χ2v) is 23.0. The molecule has 6 aromatic carbocycles. The number of pyridine rings is 1. The third-order valence-corrected chi connectivity index (χ3v) is 16.0. The van der Waals surface area contributed by atoms with E-state index in [1.165, 1.54) is 96.3 Å². The number of aromatic nitrogens is 1. The molecule has 0 amide bonds. The zero-order valence-electron chi connectivity index (χ0n) is 50.4. The number of para-hydroxylation sites is 1. The van der Waals surface area contributed by atoms with Gasteiger partial charge in [-0.25, -0.2) is 0 Å². The molecule has 0 saturated carbocycles. The van der Waals surface area contributed by atoms with E-state index in [1.807, 2.05) is 53.2 Å². The van der Waals surface area contributed by atoms with Crippen molar-refractivity contribution in [1.82, 2.24) is 0 Å². The molecule has 0 N–H and O–H groups in total. The van der Waals surface area contributed by atoms with E-state index in [4.69, 9.17) is 4.74 Å². The molecule has 28 heteroatoms. The highest BCUT2D eigenvalue weighted by molar-refractivity contribution is 7.20. The topological polar surface area (TPSA) is 30.2 Å². The Bertz CT molecular complexity index is 3210. The van der Waals surface area contributed by atoms with Gasteiger partial charge in [-0.3, -0.25) is 4.79 Å². The Labute approximate surface area is 530 Å². The van der Waals surface area contributed by atoms with Crippen molar-refractivity contribution in [3.8, 4) is 5.75 Å². The van der Waals surface area contributed by atoms with Crippen molar-refractivity contribution in [3.05, 3.63) is 190 Å². The summed E-state index contributed by atoms with van der Waals surface area (Å²) in [6.07, 6.45) is -30.8. The average molecular weight is 1380 g/mol. The number of unbranched alkanes of at least 4 members (excludes halogenated alkanes) is 15. The lowest BCUT2D eigenvalue weighted by molar-refractivity contribution is -0.657. The predicted octanol–water partition coefficient (Wildman–Crippen LogP) is 20.9. The number of hydrogen-bond donors (Lipinski definition) is 0. The summed E-state index contributed by atoms with van der Waals surface area (Å²) in [4.78, 5) is 12.8. The van der Waals surface area contributed by atoms with Crippen LogP contribution in [0.5, 0.6) is 5.75 Å². The fourth-order valence-corrected chi connectivity index (χ4v) is 11.3. The molecule has 0 saturated heterocycles. The van der Waals surface area contributed by atoms with Crippen LogP contribution in [0.1, 0.15) is 165 Å². The number of halogens is 24. The van der Waals surface area contributed by atoms with Crippen LogP contribution in [-0.2, 0) is 56.0 Å². The third kappa shape index (κ3) is 21.3. The van der Waals surface area contributed by atoms with Crippen LogP contribution in [0.3, 0.4) is 0 Å². The summed E-state index contributed by atoms with van der Waals surface area (Å²) >= 11 is 0. The summed E-state index contributed by atoms with van der Waals surface area (Å²) < 4.78 is 349. The summed E-state index contributed by atoms with van der Waals surface area (Å²) in [7, 11) is 0. The fourth-order valence-electron chi connectivity index (χ4n) is 11.3. The van der Waals surface area contributed by atoms with E-state index in [0.717, 1.165) is 35.2 Å².